The molecule has 2 heterocycles. The molecule has 2 aliphatic rings. The maximum absolute atomic E-state index is 3.62. The van der Waals surface area contributed by atoms with Crippen LogP contribution in [0.4, 0.5) is 0 Å². The van der Waals surface area contributed by atoms with Gasteiger partial charge in [-0.15, -0.1) is 0 Å². The van der Waals surface area contributed by atoms with E-state index in [0.29, 0.717) is 6.04 Å². The van der Waals surface area contributed by atoms with Crippen LogP contribution in [-0.4, -0.2) is 36.6 Å². The minimum absolute atomic E-state index is 0.643. The Balaban J connectivity index is 1.86. The van der Waals surface area contributed by atoms with Crippen molar-refractivity contribution in [2.24, 2.45) is 5.92 Å². The van der Waals surface area contributed by atoms with E-state index in [2.05, 4.69) is 24.1 Å². The Bertz CT molecular complexity index is 189. The second-order valence-electron chi connectivity index (χ2n) is 5.56. The highest BCUT2D eigenvalue weighted by atomic mass is 15.2. The minimum atomic E-state index is 0.643. The monoisotopic (exact) mass is 210 g/mol. The molecule has 0 spiro atoms. The lowest BCUT2D eigenvalue weighted by Gasteiger charge is -2.44. The van der Waals surface area contributed by atoms with Crippen molar-refractivity contribution in [2.75, 3.05) is 19.6 Å². The quantitative estimate of drug-likeness (QED) is 0.768. The second kappa shape index (κ2) is 5.31. The van der Waals surface area contributed by atoms with Crippen molar-refractivity contribution in [3.05, 3.63) is 0 Å². The summed E-state index contributed by atoms with van der Waals surface area (Å²) in [4.78, 5) is 2.75. The van der Waals surface area contributed by atoms with Gasteiger partial charge in [-0.05, 0) is 51.2 Å². The topological polar surface area (TPSA) is 15.3 Å². The van der Waals surface area contributed by atoms with Gasteiger partial charge in [-0.2, -0.15) is 0 Å². The first-order valence-corrected chi connectivity index (χ1v) is 6.75. The van der Waals surface area contributed by atoms with Crippen LogP contribution in [-0.2, 0) is 0 Å². The summed E-state index contributed by atoms with van der Waals surface area (Å²) >= 11 is 0. The van der Waals surface area contributed by atoms with Crippen LogP contribution < -0.4 is 5.32 Å². The van der Waals surface area contributed by atoms with Gasteiger partial charge in [0.2, 0.25) is 0 Å². The Labute approximate surface area is 94.4 Å². The van der Waals surface area contributed by atoms with Crippen molar-refractivity contribution in [2.45, 2.75) is 58.0 Å². The van der Waals surface area contributed by atoms with Crippen LogP contribution in [0, 0.1) is 5.92 Å². The Hall–Kier alpha value is -0.0800. The van der Waals surface area contributed by atoms with Crippen LogP contribution in [0.3, 0.4) is 0 Å². The maximum atomic E-state index is 3.62. The first kappa shape index (κ1) is 11.4. The molecule has 0 unspecified atom stereocenters. The maximum Gasteiger partial charge on any atom is 0.0136 e. The molecule has 0 aromatic carbocycles. The molecule has 0 aromatic rings. The van der Waals surface area contributed by atoms with Crippen molar-refractivity contribution < 1.29 is 0 Å². The predicted molar refractivity (Wildman–Crippen MR) is 65.1 cm³/mol. The highest BCUT2D eigenvalue weighted by Crippen LogP contribution is 2.30. The zero-order valence-corrected chi connectivity index (χ0v) is 10.3. The summed E-state index contributed by atoms with van der Waals surface area (Å²) in [5.41, 5.74) is 0. The van der Waals surface area contributed by atoms with E-state index in [1.54, 1.807) is 0 Å². The van der Waals surface area contributed by atoms with E-state index < -0.39 is 0 Å². The van der Waals surface area contributed by atoms with Gasteiger partial charge in [-0.25, -0.2) is 0 Å². The zero-order valence-electron chi connectivity index (χ0n) is 10.3. The van der Waals surface area contributed by atoms with E-state index in [1.165, 1.54) is 51.7 Å². The van der Waals surface area contributed by atoms with Gasteiger partial charge in [-0.3, -0.25) is 0 Å². The molecule has 0 bridgehead atoms. The normalized spacial score (nSPS) is 33.0. The fraction of sp³-hybridized carbons (Fsp3) is 1.00. The minimum Gasteiger partial charge on any atom is -0.314 e. The van der Waals surface area contributed by atoms with Crippen LogP contribution in [0.5, 0.6) is 0 Å². The van der Waals surface area contributed by atoms with Crippen LogP contribution >= 0.6 is 0 Å². The molecule has 2 rings (SSSR count). The summed E-state index contributed by atoms with van der Waals surface area (Å²) in [6.07, 6.45) is 7.20. The van der Waals surface area contributed by atoms with E-state index >= 15 is 0 Å². The molecule has 2 heteroatoms. The lowest BCUT2D eigenvalue weighted by atomic mass is 9.83. The molecule has 0 amide bonds. The number of rotatable bonds is 3. The van der Waals surface area contributed by atoms with Gasteiger partial charge in [0, 0.05) is 12.1 Å². The third kappa shape index (κ3) is 2.94. The largest absolute Gasteiger partial charge is 0.314 e. The Morgan fingerprint density at radius 3 is 2.73 bits per heavy atom. The number of hydrogen-bond acceptors (Lipinski definition) is 2. The average molecular weight is 210 g/mol. The van der Waals surface area contributed by atoms with Crippen LogP contribution in [0.2, 0.25) is 0 Å². The molecule has 2 saturated heterocycles. The van der Waals surface area contributed by atoms with E-state index in [1.807, 2.05) is 0 Å². The molecular weight excluding hydrogens is 184 g/mol. The average Bonchev–Trinajstić information content (AvgIpc) is 2.26. The standard InChI is InChI=1S/C13H26N2/c1-11(2)14-10-12-6-5-9-15-8-4-3-7-13(12)15/h11-14H,3-10H2,1-2H3/t12-,13+/m0/s1. The van der Waals surface area contributed by atoms with E-state index in [0.717, 1.165) is 12.0 Å². The number of piperidine rings is 2. The summed E-state index contributed by atoms with van der Waals surface area (Å²) in [7, 11) is 0. The van der Waals surface area contributed by atoms with Crippen LogP contribution in [0.1, 0.15) is 46.0 Å². The first-order valence-electron chi connectivity index (χ1n) is 6.75. The van der Waals surface area contributed by atoms with Crippen molar-refractivity contribution in [1.29, 1.82) is 0 Å². The van der Waals surface area contributed by atoms with Crippen molar-refractivity contribution in [1.82, 2.24) is 10.2 Å². The lowest BCUT2D eigenvalue weighted by molar-refractivity contribution is 0.0587. The van der Waals surface area contributed by atoms with Gasteiger partial charge in [0.25, 0.3) is 0 Å². The highest BCUT2D eigenvalue weighted by Gasteiger charge is 2.32. The smallest absolute Gasteiger partial charge is 0.0136 e. The Morgan fingerprint density at radius 2 is 1.93 bits per heavy atom. The number of nitrogens with zero attached hydrogens (tertiary/aromatic N) is 1. The number of nitrogens with one attached hydrogen (secondary N) is 1. The second-order valence-corrected chi connectivity index (χ2v) is 5.56. The van der Waals surface area contributed by atoms with Gasteiger partial charge in [0.15, 0.2) is 0 Å². The van der Waals surface area contributed by atoms with Crippen molar-refractivity contribution in [3.8, 4) is 0 Å². The summed E-state index contributed by atoms with van der Waals surface area (Å²) in [6, 6.07) is 1.54. The van der Waals surface area contributed by atoms with Gasteiger partial charge >= 0.3 is 0 Å². The van der Waals surface area contributed by atoms with Gasteiger partial charge in [0.1, 0.15) is 0 Å². The zero-order chi connectivity index (χ0) is 10.7. The summed E-state index contributed by atoms with van der Waals surface area (Å²) < 4.78 is 0. The molecule has 2 nitrogen and oxygen atoms in total. The number of hydrogen-bond donors (Lipinski definition) is 1. The van der Waals surface area contributed by atoms with Crippen LogP contribution in [0.15, 0.2) is 0 Å². The lowest BCUT2D eigenvalue weighted by Crippen LogP contribution is -2.51. The fourth-order valence-electron chi connectivity index (χ4n) is 3.20. The molecule has 15 heavy (non-hydrogen) atoms. The molecule has 2 atom stereocenters. The summed E-state index contributed by atoms with van der Waals surface area (Å²) in [6.45, 7) is 8.47. The molecule has 0 saturated carbocycles. The molecule has 0 radical (unpaired) electrons. The van der Waals surface area contributed by atoms with Crippen LogP contribution in [0.25, 0.3) is 0 Å². The fourth-order valence-corrected chi connectivity index (χ4v) is 3.20. The molecule has 0 aliphatic carbocycles. The Kier molecular flexibility index (Phi) is 4.04. The predicted octanol–water partition coefficient (Wildman–Crippen LogP) is 2.25. The Morgan fingerprint density at radius 1 is 1.13 bits per heavy atom. The summed E-state index contributed by atoms with van der Waals surface area (Å²) in [5.74, 6) is 0.918. The molecule has 1 N–H and O–H groups in total. The number of fused-ring (bicyclic) bond motifs is 1. The van der Waals surface area contributed by atoms with Gasteiger partial charge < -0.3 is 10.2 Å². The molecular formula is C13H26N2. The van der Waals surface area contributed by atoms with Gasteiger partial charge in [0.05, 0.1) is 0 Å². The SMILES string of the molecule is CC(C)NC[C@@H]1CCCN2CCCC[C@H]12. The van der Waals surface area contributed by atoms with Crippen molar-refractivity contribution in [3.63, 3.8) is 0 Å². The summed E-state index contributed by atoms with van der Waals surface area (Å²) in [5, 5.41) is 3.62. The third-order valence-electron chi connectivity index (χ3n) is 4.02. The first-order chi connectivity index (χ1) is 7.27. The van der Waals surface area contributed by atoms with Crippen molar-refractivity contribution >= 4 is 0 Å². The highest BCUT2D eigenvalue weighted by molar-refractivity contribution is 4.88. The molecule has 2 fully saturated rings. The third-order valence-corrected chi connectivity index (χ3v) is 4.02. The van der Waals surface area contributed by atoms with E-state index in [-0.39, 0.29) is 0 Å². The molecule has 0 aromatic heterocycles. The molecule has 2 aliphatic heterocycles. The van der Waals surface area contributed by atoms with E-state index in [9.17, 15) is 0 Å². The molecule has 88 valence electrons. The van der Waals surface area contributed by atoms with Gasteiger partial charge in [-0.1, -0.05) is 20.3 Å². The van der Waals surface area contributed by atoms with E-state index in [4.69, 9.17) is 0 Å².